The van der Waals surface area contributed by atoms with Crippen molar-refractivity contribution in [1.29, 1.82) is 0 Å². The number of likely N-dealkylation sites (tertiary alicyclic amines) is 1. The van der Waals surface area contributed by atoms with Gasteiger partial charge in [-0.05, 0) is 61.4 Å². The van der Waals surface area contributed by atoms with Gasteiger partial charge in [-0.25, -0.2) is 8.42 Å². The zero-order chi connectivity index (χ0) is 23.6. The quantitative estimate of drug-likeness (QED) is 0.632. The van der Waals surface area contributed by atoms with Crippen LogP contribution in [0.2, 0.25) is 5.02 Å². The maximum absolute atomic E-state index is 13.2. The number of benzene rings is 1. The van der Waals surface area contributed by atoms with Crippen LogP contribution >= 0.6 is 11.6 Å². The van der Waals surface area contributed by atoms with Crippen molar-refractivity contribution < 1.29 is 13.2 Å². The molecule has 1 N–H and O–H groups in total. The largest absolute Gasteiger partial charge is 0.370 e. The molecule has 1 aromatic heterocycles. The number of nitrogens with zero attached hydrogens (tertiary/aromatic N) is 3. The lowest BCUT2D eigenvalue weighted by Gasteiger charge is -2.41. The highest BCUT2D eigenvalue weighted by Gasteiger charge is 2.34. The van der Waals surface area contributed by atoms with Crippen molar-refractivity contribution in [3.05, 3.63) is 52.8 Å². The standard InChI is InChI=1S/C24H31ClN4O3S/c1-3-6-18-7-5-12-29(22(18)4-2)24(30)21-10-8-17(14-26-21)15-28-16-27-20-11-9-19(25)13-23(20)33(28,31)32/h8-11,13-14,18,22,27H,3-7,12,15-16H2,1-2H3. The summed E-state index contributed by atoms with van der Waals surface area (Å²) in [6, 6.07) is 8.54. The van der Waals surface area contributed by atoms with E-state index in [1.54, 1.807) is 30.5 Å². The Balaban J connectivity index is 1.48. The van der Waals surface area contributed by atoms with Gasteiger partial charge in [0.25, 0.3) is 5.91 Å². The van der Waals surface area contributed by atoms with Gasteiger partial charge in [-0.2, -0.15) is 4.31 Å². The molecule has 1 fully saturated rings. The van der Waals surface area contributed by atoms with Crippen molar-refractivity contribution in [2.45, 2.75) is 63.4 Å². The minimum absolute atomic E-state index is 0.0370. The number of hydrogen-bond acceptors (Lipinski definition) is 5. The van der Waals surface area contributed by atoms with Crippen molar-refractivity contribution in [2.24, 2.45) is 5.92 Å². The van der Waals surface area contributed by atoms with Gasteiger partial charge in [-0.3, -0.25) is 9.78 Å². The molecule has 7 nitrogen and oxygen atoms in total. The maximum Gasteiger partial charge on any atom is 0.272 e. The Labute approximate surface area is 201 Å². The van der Waals surface area contributed by atoms with E-state index >= 15 is 0 Å². The van der Waals surface area contributed by atoms with Gasteiger partial charge in [0.15, 0.2) is 0 Å². The van der Waals surface area contributed by atoms with E-state index in [1.165, 1.54) is 16.8 Å². The number of halogens is 1. The molecule has 2 aromatic rings. The monoisotopic (exact) mass is 490 g/mol. The van der Waals surface area contributed by atoms with E-state index in [9.17, 15) is 13.2 Å². The molecular weight excluding hydrogens is 460 g/mol. The summed E-state index contributed by atoms with van der Waals surface area (Å²) in [5.41, 5.74) is 1.67. The Kier molecular flexibility index (Phi) is 7.26. The number of hydrogen-bond donors (Lipinski definition) is 1. The van der Waals surface area contributed by atoms with E-state index < -0.39 is 10.0 Å². The molecule has 0 bridgehead atoms. The normalized spacial score (nSPS) is 22.5. The molecule has 3 heterocycles. The van der Waals surface area contributed by atoms with E-state index in [0.717, 1.165) is 37.8 Å². The van der Waals surface area contributed by atoms with E-state index in [2.05, 4.69) is 24.1 Å². The van der Waals surface area contributed by atoms with Crippen molar-refractivity contribution in [3.8, 4) is 0 Å². The molecule has 1 saturated heterocycles. The maximum atomic E-state index is 13.2. The number of pyridine rings is 1. The van der Waals surface area contributed by atoms with Gasteiger partial charge >= 0.3 is 0 Å². The first kappa shape index (κ1) is 24.0. The Morgan fingerprint density at radius 2 is 2.06 bits per heavy atom. The lowest BCUT2D eigenvalue weighted by Crippen LogP contribution is -2.48. The Morgan fingerprint density at radius 1 is 1.24 bits per heavy atom. The number of rotatable bonds is 6. The third kappa shape index (κ3) is 4.88. The lowest BCUT2D eigenvalue weighted by molar-refractivity contribution is 0.0465. The SMILES string of the molecule is CCCC1CCCN(C(=O)c2ccc(CN3CNc4ccc(Cl)cc4S3(=O)=O)cn2)C1CC. The third-order valence-corrected chi connectivity index (χ3v) is 8.73. The fourth-order valence-electron chi connectivity index (χ4n) is 5.04. The molecule has 2 aliphatic rings. The summed E-state index contributed by atoms with van der Waals surface area (Å²) in [5.74, 6) is 0.509. The highest BCUT2D eigenvalue weighted by Crippen LogP contribution is 2.33. The topological polar surface area (TPSA) is 82.6 Å². The number of amides is 1. The number of piperidine rings is 1. The number of sulfonamides is 1. The number of aromatic nitrogens is 1. The zero-order valence-corrected chi connectivity index (χ0v) is 20.7. The molecule has 0 aliphatic carbocycles. The highest BCUT2D eigenvalue weighted by molar-refractivity contribution is 7.89. The van der Waals surface area contributed by atoms with Crippen molar-refractivity contribution in [2.75, 3.05) is 18.5 Å². The molecule has 178 valence electrons. The molecule has 33 heavy (non-hydrogen) atoms. The number of carbonyl (C=O) groups excluding carboxylic acids is 1. The van der Waals surface area contributed by atoms with Crippen LogP contribution in [0.5, 0.6) is 0 Å². The Bertz CT molecular complexity index is 1110. The molecule has 1 amide bonds. The Hall–Kier alpha value is -2.16. The van der Waals surface area contributed by atoms with Crippen LogP contribution in [-0.4, -0.2) is 47.8 Å². The second-order valence-corrected chi connectivity index (χ2v) is 11.1. The summed E-state index contributed by atoms with van der Waals surface area (Å²) in [4.78, 5) is 19.8. The average Bonchev–Trinajstić information content (AvgIpc) is 2.81. The molecule has 2 unspecified atom stereocenters. The molecule has 2 atom stereocenters. The molecule has 0 radical (unpaired) electrons. The second kappa shape index (κ2) is 9.99. The van der Waals surface area contributed by atoms with Crippen LogP contribution in [0.3, 0.4) is 0 Å². The van der Waals surface area contributed by atoms with Gasteiger partial charge in [0.05, 0.1) is 12.4 Å². The smallest absolute Gasteiger partial charge is 0.272 e. The number of anilines is 1. The van der Waals surface area contributed by atoms with Crippen LogP contribution in [0, 0.1) is 5.92 Å². The van der Waals surface area contributed by atoms with Crippen molar-refractivity contribution in [3.63, 3.8) is 0 Å². The predicted octanol–water partition coefficient (Wildman–Crippen LogP) is 4.74. The van der Waals surface area contributed by atoms with Gasteiger partial charge in [0.1, 0.15) is 10.6 Å². The van der Waals surface area contributed by atoms with Gasteiger partial charge < -0.3 is 10.2 Å². The first-order valence-electron chi connectivity index (χ1n) is 11.6. The third-order valence-electron chi connectivity index (χ3n) is 6.67. The second-order valence-electron chi connectivity index (χ2n) is 8.81. The van der Waals surface area contributed by atoms with Crippen LogP contribution in [-0.2, 0) is 16.6 Å². The first-order chi connectivity index (χ1) is 15.8. The fourth-order valence-corrected chi connectivity index (χ4v) is 6.80. The zero-order valence-electron chi connectivity index (χ0n) is 19.1. The van der Waals surface area contributed by atoms with Crippen LogP contribution in [0.25, 0.3) is 0 Å². The van der Waals surface area contributed by atoms with Crippen LogP contribution in [0.1, 0.15) is 62.0 Å². The van der Waals surface area contributed by atoms with Crippen molar-refractivity contribution in [1.82, 2.24) is 14.2 Å². The number of fused-ring (bicyclic) bond motifs is 1. The van der Waals surface area contributed by atoms with Gasteiger partial charge in [0.2, 0.25) is 10.0 Å². The van der Waals surface area contributed by atoms with E-state index in [1.807, 2.05) is 4.90 Å². The highest BCUT2D eigenvalue weighted by atomic mass is 35.5. The summed E-state index contributed by atoms with van der Waals surface area (Å²) in [6.45, 7) is 5.42. The van der Waals surface area contributed by atoms with Gasteiger partial charge in [-0.1, -0.05) is 37.9 Å². The summed E-state index contributed by atoms with van der Waals surface area (Å²) < 4.78 is 27.4. The van der Waals surface area contributed by atoms with Crippen molar-refractivity contribution >= 4 is 33.2 Å². The average molecular weight is 491 g/mol. The van der Waals surface area contributed by atoms with E-state index in [-0.39, 0.29) is 30.1 Å². The lowest BCUT2D eigenvalue weighted by atomic mass is 9.84. The molecular formula is C24H31ClN4O3S. The van der Waals surface area contributed by atoms with Crippen LogP contribution in [0.15, 0.2) is 41.4 Å². The molecule has 1 aromatic carbocycles. The summed E-state index contributed by atoms with van der Waals surface area (Å²) in [6.07, 6.45) is 7.01. The van der Waals surface area contributed by atoms with E-state index in [0.29, 0.717) is 22.3 Å². The number of nitrogens with one attached hydrogen (secondary N) is 1. The molecule has 0 saturated carbocycles. The minimum atomic E-state index is -3.69. The fraction of sp³-hybridized carbons (Fsp3) is 0.500. The molecule has 2 aliphatic heterocycles. The van der Waals surface area contributed by atoms with Crippen LogP contribution < -0.4 is 5.32 Å². The minimum Gasteiger partial charge on any atom is -0.370 e. The summed E-state index contributed by atoms with van der Waals surface area (Å²) >= 11 is 6.01. The Morgan fingerprint density at radius 3 is 2.76 bits per heavy atom. The molecule has 0 spiro atoms. The number of carbonyl (C=O) groups is 1. The molecule has 9 heteroatoms. The summed E-state index contributed by atoms with van der Waals surface area (Å²) in [7, 11) is -3.69. The van der Waals surface area contributed by atoms with E-state index in [4.69, 9.17) is 11.6 Å². The summed E-state index contributed by atoms with van der Waals surface area (Å²) in [5, 5.41) is 3.49. The van der Waals surface area contributed by atoms with Crippen LogP contribution in [0.4, 0.5) is 5.69 Å². The predicted molar refractivity (Wildman–Crippen MR) is 130 cm³/mol. The van der Waals surface area contributed by atoms with Gasteiger partial charge in [0, 0.05) is 30.4 Å². The molecule has 4 rings (SSSR count). The first-order valence-corrected chi connectivity index (χ1v) is 13.5. The van der Waals surface area contributed by atoms with Gasteiger partial charge in [-0.15, -0.1) is 0 Å².